The molecule has 0 spiro atoms. The predicted octanol–water partition coefficient (Wildman–Crippen LogP) is 3.84. The van der Waals surface area contributed by atoms with Crippen molar-refractivity contribution in [3.8, 4) is 0 Å². The van der Waals surface area contributed by atoms with Crippen molar-refractivity contribution >= 4 is 16.1 Å². The lowest BCUT2D eigenvalue weighted by atomic mass is 9.89. The van der Waals surface area contributed by atoms with Gasteiger partial charge in [0.2, 0.25) is 0 Å². The van der Waals surface area contributed by atoms with Crippen LogP contribution in [-0.2, 0) is 14.6 Å². The summed E-state index contributed by atoms with van der Waals surface area (Å²) in [6, 6.07) is 4.44. The fraction of sp³-hybridized carbons (Fsp3) is 0.533. The summed E-state index contributed by atoms with van der Waals surface area (Å²) in [4.78, 5) is 10.4. The molecule has 1 unspecified atom stereocenters. The SMILES string of the molecule is O=CC(CC1CCCC1)c1ccc(S(=O)(=O)C(F)(F)F)cc1. The van der Waals surface area contributed by atoms with Crippen LogP contribution in [0.5, 0.6) is 0 Å². The number of halogens is 3. The second-order valence-electron chi connectivity index (χ2n) is 5.65. The zero-order valence-electron chi connectivity index (χ0n) is 11.8. The Bertz CT molecular complexity index is 614. The van der Waals surface area contributed by atoms with Gasteiger partial charge in [0, 0.05) is 5.92 Å². The van der Waals surface area contributed by atoms with Crippen LogP contribution in [0.2, 0.25) is 0 Å². The quantitative estimate of drug-likeness (QED) is 0.769. The van der Waals surface area contributed by atoms with E-state index >= 15 is 0 Å². The largest absolute Gasteiger partial charge is 0.501 e. The van der Waals surface area contributed by atoms with Crippen LogP contribution in [0.25, 0.3) is 0 Å². The molecule has 3 nitrogen and oxygen atoms in total. The molecule has 0 radical (unpaired) electrons. The van der Waals surface area contributed by atoms with Gasteiger partial charge in [-0.25, -0.2) is 8.42 Å². The fourth-order valence-corrected chi connectivity index (χ4v) is 3.66. The molecule has 0 amide bonds. The number of carbonyl (C=O) groups excluding carboxylic acids is 1. The molecule has 122 valence electrons. The highest BCUT2D eigenvalue weighted by molar-refractivity contribution is 7.92. The Morgan fingerprint density at radius 3 is 2.14 bits per heavy atom. The zero-order valence-corrected chi connectivity index (χ0v) is 12.7. The Morgan fingerprint density at radius 2 is 1.68 bits per heavy atom. The molecule has 0 aliphatic heterocycles. The Labute approximate surface area is 127 Å². The summed E-state index contributed by atoms with van der Waals surface area (Å²) in [6.45, 7) is 0. The highest BCUT2D eigenvalue weighted by Crippen LogP contribution is 2.34. The van der Waals surface area contributed by atoms with Crippen LogP contribution in [0, 0.1) is 5.92 Å². The maximum atomic E-state index is 12.5. The summed E-state index contributed by atoms with van der Waals surface area (Å²) < 4.78 is 60.0. The van der Waals surface area contributed by atoms with E-state index in [2.05, 4.69) is 0 Å². The summed E-state index contributed by atoms with van der Waals surface area (Å²) in [6.07, 6.45) is 5.84. The van der Waals surface area contributed by atoms with E-state index in [0.29, 0.717) is 17.9 Å². The third-order valence-corrected chi connectivity index (χ3v) is 5.65. The van der Waals surface area contributed by atoms with Gasteiger partial charge >= 0.3 is 5.51 Å². The molecule has 0 saturated heterocycles. The van der Waals surface area contributed by atoms with Gasteiger partial charge in [-0.1, -0.05) is 37.8 Å². The summed E-state index contributed by atoms with van der Waals surface area (Å²) in [7, 11) is -5.34. The second kappa shape index (κ2) is 6.40. The maximum absolute atomic E-state index is 12.5. The van der Waals surface area contributed by atoms with Gasteiger partial charge in [0.25, 0.3) is 9.84 Å². The van der Waals surface area contributed by atoms with E-state index in [0.717, 1.165) is 44.1 Å². The lowest BCUT2D eigenvalue weighted by Gasteiger charge is -2.16. The molecule has 1 atom stereocenters. The first kappa shape index (κ1) is 17.0. The minimum atomic E-state index is -5.34. The molecule has 1 aromatic carbocycles. The second-order valence-corrected chi connectivity index (χ2v) is 7.59. The van der Waals surface area contributed by atoms with E-state index in [1.165, 1.54) is 12.1 Å². The lowest BCUT2D eigenvalue weighted by molar-refractivity contribution is -0.109. The topological polar surface area (TPSA) is 51.2 Å². The number of aldehydes is 1. The molecule has 1 saturated carbocycles. The molecule has 0 N–H and O–H groups in total. The van der Waals surface area contributed by atoms with Crippen molar-refractivity contribution in [3.63, 3.8) is 0 Å². The Hall–Kier alpha value is -1.37. The number of alkyl halides is 3. The number of carbonyl (C=O) groups is 1. The molecule has 1 aliphatic rings. The summed E-state index contributed by atoms with van der Waals surface area (Å²) in [5, 5.41) is 0. The number of benzene rings is 1. The Balaban J connectivity index is 2.18. The van der Waals surface area contributed by atoms with Gasteiger partial charge in [-0.2, -0.15) is 13.2 Å². The average molecular weight is 334 g/mol. The van der Waals surface area contributed by atoms with Crippen molar-refractivity contribution in [2.45, 2.75) is 48.4 Å². The van der Waals surface area contributed by atoms with Gasteiger partial charge in [0.1, 0.15) is 6.29 Å². The highest BCUT2D eigenvalue weighted by Gasteiger charge is 2.46. The van der Waals surface area contributed by atoms with Gasteiger partial charge in [0.15, 0.2) is 0 Å². The first-order valence-electron chi connectivity index (χ1n) is 7.12. The van der Waals surface area contributed by atoms with Crippen LogP contribution in [0.3, 0.4) is 0 Å². The van der Waals surface area contributed by atoms with Crippen molar-refractivity contribution in [3.05, 3.63) is 29.8 Å². The van der Waals surface area contributed by atoms with E-state index in [4.69, 9.17) is 0 Å². The van der Waals surface area contributed by atoms with Gasteiger partial charge in [0.05, 0.1) is 4.90 Å². The first-order chi connectivity index (χ1) is 10.3. The molecular weight excluding hydrogens is 317 g/mol. The van der Waals surface area contributed by atoms with Crippen molar-refractivity contribution in [2.75, 3.05) is 0 Å². The highest BCUT2D eigenvalue weighted by atomic mass is 32.2. The number of sulfone groups is 1. The summed E-state index contributed by atoms with van der Waals surface area (Å²) >= 11 is 0. The molecule has 1 aromatic rings. The fourth-order valence-electron chi connectivity index (χ4n) is 2.90. The van der Waals surface area contributed by atoms with Gasteiger partial charge < -0.3 is 4.79 Å². The van der Waals surface area contributed by atoms with Gasteiger partial charge in [-0.15, -0.1) is 0 Å². The minimum absolute atomic E-state index is 0.397. The third kappa shape index (κ3) is 3.51. The number of rotatable bonds is 5. The summed E-state index contributed by atoms with van der Waals surface area (Å²) in [5.41, 5.74) is -4.76. The van der Waals surface area contributed by atoms with Crippen LogP contribution < -0.4 is 0 Å². The van der Waals surface area contributed by atoms with Crippen LogP contribution in [-0.4, -0.2) is 20.2 Å². The van der Waals surface area contributed by atoms with Crippen LogP contribution in [0.15, 0.2) is 29.2 Å². The van der Waals surface area contributed by atoms with E-state index in [1.807, 2.05) is 0 Å². The number of hydrogen-bond acceptors (Lipinski definition) is 3. The molecule has 7 heteroatoms. The molecule has 0 heterocycles. The van der Waals surface area contributed by atoms with Gasteiger partial charge in [-0.05, 0) is 30.0 Å². The Morgan fingerprint density at radius 1 is 1.14 bits per heavy atom. The first-order valence-corrected chi connectivity index (χ1v) is 8.60. The molecule has 2 rings (SSSR count). The van der Waals surface area contributed by atoms with Crippen molar-refractivity contribution in [2.24, 2.45) is 5.92 Å². The van der Waals surface area contributed by atoms with Gasteiger partial charge in [-0.3, -0.25) is 0 Å². The summed E-state index contributed by atoms with van der Waals surface area (Å²) in [5.74, 6) is 0.0551. The van der Waals surface area contributed by atoms with Crippen molar-refractivity contribution < 1.29 is 26.4 Å². The molecular formula is C15H17F3O3S. The van der Waals surface area contributed by atoms with Crippen molar-refractivity contribution in [1.82, 2.24) is 0 Å². The standard InChI is InChI=1S/C15H17F3O3S/c16-15(17,18)22(20,21)14-7-5-12(6-8-14)13(10-19)9-11-3-1-2-4-11/h5-8,10-11,13H,1-4,9H2. The zero-order chi connectivity index (χ0) is 16.4. The predicted molar refractivity (Wildman–Crippen MR) is 75.1 cm³/mol. The average Bonchev–Trinajstić information content (AvgIpc) is 2.96. The molecule has 0 aromatic heterocycles. The monoisotopic (exact) mass is 334 g/mol. The minimum Gasteiger partial charge on any atom is -0.303 e. The smallest absolute Gasteiger partial charge is 0.303 e. The third-order valence-electron chi connectivity index (χ3n) is 4.15. The van der Waals surface area contributed by atoms with Crippen LogP contribution >= 0.6 is 0 Å². The maximum Gasteiger partial charge on any atom is 0.501 e. The molecule has 22 heavy (non-hydrogen) atoms. The van der Waals surface area contributed by atoms with E-state index < -0.39 is 26.2 Å². The normalized spacial score (nSPS) is 18.3. The van der Waals surface area contributed by atoms with E-state index in [9.17, 15) is 26.4 Å². The van der Waals surface area contributed by atoms with Crippen LogP contribution in [0.1, 0.15) is 43.6 Å². The number of hydrogen-bond donors (Lipinski definition) is 0. The lowest BCUT2D eigenvalue weighted by Crippen LogP contribution is -2.23. The molecule has 0 bridgehead atoms. The molecule has 1 aliphatic carbocycles. The van der Waals surface area contributed by atoms with E-state index in [-0.39, 0.29) is 0 Å². The Kier molecular flexibility index (Phi) is 4.94. The van der Waals surface area contributed by atoms with Crippen LogP contribution in [0.4, 0.5) is 13.2 Å². The van der Waals surface area contributed by atoms with Crippen molar-refractivity contribution in [1.29, 1.82) is 0 Å². The molecule has 1 fully saturated rings. The van der Waals surface area contributed by atoms with E-state index in [1.54, 1.807) is 0 Å².